The minimum Gasteiger partial charge on any atom is -0.359 e. The van der Waals surface area contributed by atoms with Crippen LogP contribution in [0.4, 0.5) is 13.2 Å². The van der Waals surface area contributed by atoms with Crippen LogP contribution < -0.4 is 0 Å². The number of carbonyl (C=O) groups excluding carboxylic acids is 1. The number of fused-ring (bicyclic) bond motifs is 2. The summed E-state index contributed by atoms with van der Waals surface area (Å²) >= 11 is 0. The van der Waals surface area contributed by atoms with E-state index in [1.165, 1.54) is 0 Å². The molecule has 0 aromatic heterocycles. The first-order valence-electron chi connectivity index (χ1n) is 7.79. The third kappa shape index (κ3) is 3.11. The predicted octanol–water partition coefficient (Wildman–Crippen LogP) is 3.98. The molecule has 0 N–H and O–H groups in total. The Hall–Kier alpha value is -1.14. The van der Waals surface area contributed by atoms with Crippen molar-refractivity contribution in [1.29, 1.82) is 0 Å². The summed E-state index contributed by atoms with van der Waals surface area (Å²) in [5.41, 5.74) is -1.42. The highest BCUT2D eigenvalue weighted by Crippen LogP contribution is 2.50. The number of halogens is 3. The van der Waals surface area contributed by atoms with Gasteiger partial charge in [0.15, 0.2) is 11.4 Å². The van der Waals surface area contributed by atoms with E-state index in [1.807, 2.05) is 6.92 Å². The van der Waals surface area contributed by atoms with E-state index < -0.39 is 36.0 Å². The first-order valence-corrected chi connectivity index (χ1v) is 7.79. The van der Waals surface area contributed by atoms with Crippen LogP contribution in [0.1, 0.15) is 40.0 Å². The van der Waals surface area contributed by atoms with Crippen molar-refractivity contribution in [3.63, 3.8) is 0 Å². The quantitative estimate of drug-likeness (QED) is 0.690. The number of hydrogen-bond acceptors (Lipinski definition) is 3. The molecule has 6 heteroatoms. The Balaban J connectivity index is 2.33. The molecule has 2 bridgehead atoms. The number of ketones is 1. The molecule has 2 aliphatic rings. The second kappa shape index (κ2) is 6.06. The zero-order valence-corrected chi connectivity index (χ0v) is 13.7. The summed E-state index contributed by atoms with van der Waals surface area (Å²) in [6, 6.07) is 0. The van der Waals surface area contributed by atoms with Gasteiger partial charge in [-0.3, -0.25) is 4.79 Å². The van der Waals surface area contributed by atoms with E-state index in [-0.39, 0.29) is 12.2 Å². The SMILES string of the molecule is C=CCC[C@]12CC(=O)[C@](OCC(F)(F)F)(C(C)C)[C@H](C=C1C)O2. The predicted molar refractivity (Wildman–Crippen MR) is 80.0 cm³/mol. The standard InChI is InChI=1S/C17H23F3O3/c1-5-6-7-15-9-13(21)17(11(2)3,22-10-16(18,19)20)14(23-15)8-12(15)4/h5,8,11,14H,1,6-7,9-10H2,2-4H3/t14-,15-,17+/m0/s1. The molecule has 23 heavy (non-hydrogen) atoms. The summed E-state index contributed by atoms with van der Waals surface area (Å²) in [7, 11) is 0. The highest BCUT2D eigenvalue weighted by molar-refractivity contribution is 5.91. The normalized spacial score (nSPS) is 34.0. The lowest BCUT2D eigenvalue weighted by Crippen LogP contribution is -2.62. The van der Waals surface area contributed by atoms with Crippen molar-refractivity contribution in [2.45, 2.75) is 63.5 Å². The highest BCUT2D eigenvalue weighted by Gasteiger charge is 2.61. The number of allylic oxidation sites excluding steroid dienone is 1. The van der Waals surface area contributed by atoms with E-state index in [0.29, 0.717) is 12.8 Å². The second-order valence-corrected chi connectivity index (χ2v) is 6.66. The fourth-order valence-corrected chi connectivity index (χ4v) is 3.56. The van der Waals surface area contributed by atoms with Crippen molar-refractivity contribution in [2.75, 3.05) is 6.61 Å². The van der Waals surface area contributed by atoms with Crippen LogP contribution in [0.5, 0.6) is 0 Å². The Morgan fingerprint density at radius 1 is 1.52 bits per heavy atom. The number of ether oxygens (including phenoxy) is 2. The largest absolute Gasteiger partial charge is 0.411 e. The van der Waals surface area contributed by atoms with Crippen molar-refractivity contribution in [2.24, 2.45) is 5.92 Å². The molecule has 0 spiro atoms. The van der Waals surface area contributed by atoms with E-state index in [9.17, 15) is 18.0 Å². The van der Waals surface area contributed by atoms with E-state index >= 15 is 0 Å². The third-order valence-electron chi connectivity index (χ3n) is 4.86. The first-order chi connectivity index (χ1) is 10.6. The summed E-state index contributed by atoms with van der Waals surface area (Å²) in [6.07, 6.45) is -0.474. The van der Waals surface area contributed by atoms with Gasteiger partial charge in [0, 0.05) is 6.42 Å². The fourth-order valence-electron chi connectivity index (χ4n) is 3.56. The molecule has 0 saturated carbocycles. The maximum absolute atomic E-state index is 12.8. The van der Waals surface area contributed by atoms with Gasteiger partial charge in [-0.2, -0.15) is 13.2 Å². The number of carbonyl (C=O) groups is 1. The fraction of sp³-hybridized carbons (Fsp3) is 0.706. The summed E-state index contributed by atoms with van der Waals surface area (Å²) < 4.78 is 49.1. The Kier molecular flexibility index (Phi) is 4.79. The van der Waals surface area contributed by atoms with Crippen LogP contribution in [0.3, 0.4) is 0 Å². The molecular formula is C17H23F3O3. The Labute approximate surface area is 134 Å². The molecule has 0 aromatic carbocycles. The van der Waals surface area contributed by atoms with Gasteiger partial charge in [0.2, 0.25) is 0 Å². The van der Waals surface area contributed by atoms with Crippen molar-refractivity contribution < 1.29 is 27.4 Å². The molecular weight excluding hydrogens is 309 g/mol. The highest BCUT2D eigenvalue weighted by atomic mass is 19.4. The Morgan fingerprint density at radius 3 is 2.70 bits per heavy atom. The zero-order chi connectivity index (χ0) is 17.5. The monoisotopic (exact) mass is 332 g/mol. The Morgan fingerprint density at radius 2 is 2.17 bits per heavy atom. The molecule has 130 valence electrons. The van der Waals surface area contributed by atoms with Crippen molar-refractivity contribution >= 4 is 5.78 Å². The lowest BCUT2D eigenvalue weighted by Gasteiger charge is -2.47. The van der Waals surface area contributed by atoms with Crippen molar-refractivity contribution in [1.82, 2.24) is 0 Å². The average molecular weight is 332 g/mol. The van der Waals surface area contributed by atoms with Crippen molar-refractivity contribution in [3.05, 3.63) is 24.3 Å². The molecule has 0 aliphatic carbocycles. The minimum atomic E-state index is -4.49. The molecule has 2 heterocycles. The minimum absolute atomic E-state index is 0.0374. The molecule has 3 atom stereocenters. The number of rotatable bonds is 6. The summed E-state index contributed by atoms with van der Waals surface area (Å²) in [5.74, 6) is -0.743. The summed E-state index contributed by atoms with van der Waals surface area (Å²) in [6.45, 7) is 7.46. The summed E-state index contributed by atoms with van der Waals surface area (Å²) in [5, 5.41) is 0. The maximum Gasteiger partial charge on any atom is 0.411 e. The van der Waals surface area contributed by atoms with Gasteiger partial charge in [-0.25, -0.2) is 0 Å². The molecule has 0 amide bonds. The molecule has 3 nitrogen and oxygen atoms in total. The van der Waals surface area contributed by atoms with Crippen LogP contribution in [-0.2, 0) is 14.3 Å². The van der Waals surface area contributed by atoms with E-state index in [1.54, 1.807) is 26.0 Å². The van der Waals surface area contributed by atoms with E-state index in [0.717, 1.165) is 5.57 Å². The molecule has 2 aliphatic heterocycles. The maximum atomic E-state index is 12.8. The van der Waals surface area contributed by atoms with Gasteiger partial charge in [-0.15, -0.1) is 6.58 Å². The van der Waals surface area contributed by atoms with Crippen LogP contribution in [-0.4, -0.2) is 35.9 Å². The molecule has 0 unspecified atom stereocenters. The van der Waals surface area contributed by atoms with Crippen LogP contribution >= 0.6 is 0 Å². The number of hydrogen-bond donors (Lipinski definition) is 0. The van der Waals surface area contributed by atoms with Crippen LogP contribution in [0.25, 0.3) is 0 Å². The zero-order valence-electron chi connectivity index (χ0n) is 13.7. The topological polar surface area (TPSA) is 35.5 Å². The van der Waals surface area contributed by atoms with Crippen LogP contribution in [0.2, 0.25) is 0 Å². The van der Waals surface area contributed by atoms with Crippen molar-refractivity contribution in [3.8, 4) is 0 Å². The molecule has 0 radical (unpaired) electrons. The van der Waals surface area contributed by atoms with Gasteiger partial charge < -0.3 is 9.47 Å². The second-order valence-electron chi connectivity index (χ2n) is 6.66. The van der Waals surface area contributed by atoms with E-state index in [2.05, 4.69) is 6.58 Å². The van der Waals surface area contributed by atoms with Gasteiger partial charge in [-0.1, -0.05) is 26.0 Å². The van der Waals surface area contributed by atoms with Gasteiger partial charge >= 0.3 is 6.18 Å². The van der Waals surface area contributed by atoms with Crippen LogP contribution in [0.15, 0.2) is 24.3 Å². The van der Waals surface area contributed by atoms with Gasteiger partial charge in [0.25, 0.3) is 0 Å². The number of Topliss-reactive ketones (excluding diaryl/α,β-unsaturated/α-hetero) is 1. The summed E-state index contributed by atoms with van der Waals surface area (Å²) in [4.78, 5) is 12.8. The molecule has 0 aromatic rings. The molecule has 1 fully saturated rings. The smallest absolute Gasteiger partial charge is 0.359 e. The van der Waals surface area contributed by atoms with Gasteiger partial charge in [0.05, 0.1) is 5.60 Å². The first kappa shape index (κ1) is 18.2. The Bertz CT molecular complexity index is 524. The number of alkyl halides is 3. The lowest BCUT2D eigenvalue weighted by molar-refractivity contribution is -0.248. The molecule has 2 rings (SSSR count). The van der Waals surface area contributed by atoms with Gasteiger partial charge in [-0.05, 0) is 31.3 Å². The van der Waals surface area contributed by atoms with Gasteiger partial charge in [0.1, 0.15) is 12.7 Å². The lowest BCUT2D eigenvalue weighted by atomic mass is 9.75. The average Bonchev–Trinajstić information content (AvgIpc) is 2.69. The third-order valence-corrected chi connectivity index (χ3v) is 4.86. The molecule has 1 saturated heterocycles. The van der Waals surface area contributed by atoms with E-state index in [4.69, 9.17) is 9.47 Å². The van der Waals surface area contributed by atoms with Crippen LogP contribution in [0, 0.1) is 5.92 Å².